The first-order chi connectivity index (χ1) is 9.44. The van der Waals surface area contributed by atoms with Crippen LogP contribution in [-0.2, 0) is 10.0 Å². The third kappa shape index (κ3) is 5.25. The summed E-state index contributed by atoms with van der Waals surface area (Å²) in [5.41, 5.74) is 6.69. The number of benzene rings is 1. The van der Waals surface area contributed by atoms with Crippen LogP contribution in [0.25, 0.3) is 0 Å². The Morgan fingerprint density at radius 1 is 1.33 bits per heavy atom. The molecular formula is C14H24BrN3O2S. The van der Waals surface area contributed by atoms with Gasteiger partial charge < -0.3 is 10.6 Å². The molecule has 0 heterocycles. The van der Waals surface area contributed by atoms with Gasteiger partial charge in [0.05, 0.1) is 4.90 Å². The second-order valence-corrected chi connectivity index (χ2v) is 9.00. The third-order valence-electron chi connectivity index (χ3n) is 3.14. The summed E-state index contributed by atoms with van der Waals surface area (Å²) in [6, 6.07) is 3.28. The Morgan fingerprint density at radius 2 is 1.90 bits per heavy atom. The summed E-state index contributed by atoms with van der Waals surface area (Å²) < 4.78 is 28.3. The number of nitrogens with zero attached hydrogens (tertiary/aromatic N) is 1. The van der Waals surface area contributed by atoms with Crippen molar-refractivity contribution in [1.29, 1.82) is 0 Å². The molecule has 3 N–H and O–H groups in total. The second kappa shape index (κ2) is 6.64. The van der Waals surface area contributed by atoms with E-state index in [4.69, 9.17) is 5.73 Å². The van der Waals surface area contributed by atoms with E-state index in [1.54, 1.807) is 19.1 Å². The number of anilines is 1. The zero-order valence-corrected chi connectivity index (χ0v) is 15.6. The van der Waals surface area contributed by atoms with E-state index in [0.29, 0.717) is 22.3 Å². The lowest BCUT2D eigenvalue weighted by molar-refractivity contribution is 0.242. The monoisotopic (exact) mass is 377 g/mol. The second-order valence-electron chi connectivity index (χ2n) is 6.34. The largest absolute Gasteiger partial charge is 0.398 e. The van der Waals surface area contributed by atoms with Gasteiger partial charge in [0.2, 0.25) is 10.0 Å². The molecule has 0 spiro atoms. The molecule has 7 heteroatoms. The first-order valence-corrected chi connectivity index (χ1v) is 8.92. The number of nitrogens with one attached hydrogen (secondary N) is 1. The minimum Gasteiger partial charge on any atom is -0.398 e. The number of halogens is 1. The molecule has 1 aromatic rings. The normalized spacial score (nSPS) is 12.9. The van der Waals surface area contributed by atoms with Gasteiger partial charge >= 0.3 is 0 Å². The lowest BCUT2D eigenvalue weighted by Gasteiger charge is -2.28. The Bertz CT molecular complexity index is 613. The standard InChI is InChI=1S/C14H24BrN3O2S/c1-10-12(16)6-11(15)7-13(10)21(19,20)17-8-14(2,3)9-18(4)5/h6-7,17H,8-9,16H2,1-5H3. The summed E-state index contributed by atoms with van der Waals surface area (Å²) in [4.78, 5) is 2.26. The number of rotatable bonds is 6. The van der Waals surface area contributed by atoms with Crippen molar-refractivity contribution in [2.24, 2.45) is 5.41 Å². The van der Waals surface area contributed by atoms with Gasteiger partial charge in [-0.05, 0) is 44.1 Å². The predicted molar refractivity (Wildman–Crippen MR) is 90.8 cm³/mol. The van der Waals surface area contributed by atoms with Gasteiger partial charge in [0.15, 0.2) is 0 Å². The van der Waals surface area contributed by atoms with Crippen LogP contribution >= 0.6 is 15.9 Å². The van der Waals surface area contributed by atoms with Crippen LogP contribution < -0.4 is 10.5 Å². The molecule has 0 atom stereocenters. The molecule has 0 aliphatic heterocycles. The lowest BCUT2D eigenvalue weighted by Crippen LogP contribution is -2.40. The average Bonchev–Trinajstić information content (AvgIpc) is 2.30. The summed E-state index contributed by atoms with van der Waals surface area (Å²) in [6.45, 7) is 6.91. The maximum absolute atomic E-state index is 12.5. The molecule has 1 aromatic carbocycles. The van der Waals surface area contributed by atoms with E-state index >= 15 is 0 Å². The van der Waals surface area contributed by atoms with Crippen molar-refractivity contribution < 1.29 is 8.42 Å². The Kier molecular flexibility index (Phi) is 5.83. The number of sulfonamides is 1. The molecule has 1 rings (SSSR count). The van der Waals surface area contributed by atoms with Crippen molar-refractivity contribution in [2.75, 3.05) is 32.9 Å². The summed E-state index contributed by atoms with van der Waals surface area (Å²) in [6.07, 6.45) is 0. The van der Waals surface area contributed by atoms with E-state index in [0.717, 1.165) is 6.54 Å². The molecule has 0 radical (unpaired) electrons. The van der Waals surface area contributed by atoms with Crippen LogP contribution in [0, 0.1) is 12.3 Å². The fourth-order valence-corrected chi connectivity index (χ4v) is 4.40. The summed E-state index contributed by atoms with van der Waals surface area (Å²) in [5, 5.41) is 0. The van der Waals surface area contributed by atoms with E-state index in [1.807, 2.05) is 32.8 Å². The predicted octanol–water partition coefficient (Wildman–Crippen LogP) is 2.21. The van der Waals surface area contributed by atoms with Gasteiger partial charge in [-0.25, -0.2) is 13.1 Å². The SMILES string of the molecule is Cc1c(N)cc(Br)cc1S(=O)(=O)NCC(C)(C)CN(C)C. The van der Waals surface area contributed by atoms with Crippen LogP contribution in [0.4, 0.5) is 5.69 Å². The van der Waals surface area contributed by atoms with Crippen molar-refractivity contribution in [1.82, 2.24) is 9.62 Å². The summed E-state index contributed by atoms with van der Waals surface area (Å²) in [5.74, 6) is 0. The highest BCUT2D eigenvalue weighted by molar-refractivity contribution is 9.10. The van der Waals surface area contributed by atoms with Gasteiger partial charge in [0, 0.05) is 23.2 Å². The highest BCUT2D eigenvalue weighted by Crippen LogP contribution is 2.26. The quantitative estimate of drug-likeness (QED) is 0.745. The van der Waals surface area contributed by atoms with E-state index < -0.39 is 10.0 Å². The zero-order chi connectivity index (χ0) is 16.4. The van der Waals surface area contributed by atoms with Crippen molar-refractivity contribution in [2.45, 2.75) is 25.7 Å². The van der Waals surface area contributed by atoms with E-state index in [-0.39, 0.29) is 10.3 Å². The van der Waals surface area contributed by atoms with Gasteiger partial charge in [-0.3, -0.25) is 0 Å². The van der Waals surface area contributed by atoms with Crippen LogP contribution in [0.1, 0.15) is 19.4 Å². The van der Waals surface area contributed by atoms with Crippen LogP contribution in [0.3, 0.4) is 0 Å². The van der Waals surface area contributed by atoms with Gasteiger partial charge in [-0.1, -0.05) is 29.8 Å². The van der Waals surface area contributed by atoms with E-state index in [9.17, 15) is 8.42 Å². The third-order valence-corrected chi connectivity index (χ3v) is 5.12. The van der Waals surface area contributed by atoms with Crippen molar-refractivity contribution in [3.05, 3.63) is 22.2 Å². The maximum atomic E-state index is 12.5. The first-order valence-electron chi connectivity index (χ1n) is 6.65. The molecule has 0 unspecified atom stereocenters. The zero-order valence-electron chi connectivity index (χ0n) is 13.2. The molecule has 0 bridgehead atoms. The summed E-state index contributed by atoms with van der Waals surface area (Å²) in [7, 11) is 0.352. The van der Waals surface area contributed by atoms with Crippen molar-refractivity contribution in [3.63, 3.8) is 0 Å². The van der Waals surface area contributed by atoms with Crippen molar-refractivity contribution >= 4 is 31.6 Å². The topological polar surface area (TPSA) is 75.4 Å². The number of nitrogen functional groups attached to an aromatic ring is 1. The highest BCUT2D eigenvalue weighted by Gasteiger charge is 2.24. The molecule has 0 saturated carbocycles. The smallest absolute Gasteiger partial charge is 0.240 e. The van der Waals surface area contributed by atoms with Gasteiger partial charge in [0.25, 0.3) is 0 Å². The number of nitrogens with two attached hydrogens (primary N) is 1. The molecule has 5 nitrogen and oxygen atoms in total. The highest BCUT2D eigenvalue weighted by atomic mass is 79.9. The van der Waals surface area contributed by atoms with Crippen LogP contribution in [0.15, 0.2) is 21.5 Å². The molecule has 0 aliphatic rings. The van der Waals surface area contributed by atoms with Crippen LogP contribution in [0.5, 0.6) is 0 Å². The molecular weight excluding hydrogens is 354 g/mol. The fourth-order valence-electron chi connectivity index (χ4n) is 2.23. The molecule has 21 heavy (non-hydrogen) atoms. The van der Waals surface area contributed by atoms with Gasteiger partial charge in [-0.2, -0.15) is 0 Å². The minimum absolute atomic E-state index is 0.165. The van der Waals surface area contributed by atoms with Crippen molar-refractivity contribution in [3.8, 4) is 0 Å². The lowest BCUT2D eigenvalue weighted by atomic mass is 9.93. The molecule has 120 valence electrons. The van der Waals surface area contributed by atoms with Gasteiger partial charge in [0.1, 0.15) is 0 Å². The van der Waals surface area contributed by atoms with Crippen LogP contribution in [-0.4, -0.2) is 40.5 Å². The number of hydrogen-bond acceptors (Lipinski definition) is 4. The van der Waals surface area contributed by atoms with E-state index in [1.165, 1.54) is 0 Å². The molecule has 0 aromatic heterocycles. The number of hydrogen-bond donors (Lipinski definition) is 2. The Hall–Kier alpha value is -0.630. The minimum atomic E-state index is -3.58. The average molecular weight is 378 g/mol. The fraction of sp³-hybridized carbons (Fsp3) is 0.571. The Balaban J connectivity index is 2.98. The molecule has 0 amide bonds. The molecule has 0 aliphatic carbocycles. The summed E-state index contributed by atoms with van der Waals surface area (Å²) >= 11 is 3.28. The Morgan fingerprint density at radius 3 is 2.43 bits per heavy atom. The first kappa shape index (κ1) is 18.4. The molecule has 0 saturated heterocycles. The van der Waals surface area contributed by atoms with Crippen LogP contribution in [0.2, 0.25) is 0 Å². The van der Waals surface area contributed by atoms with Gasteiger partial charge in [-0.15, -0.1) is 0 Å². The van der Waals surface area contributed by atoms with E-state index in [2.05, 4.69) is 20.7 Å². The molecule has 0 fully saturated rings. The Labute approximate surface area is 136 Å². The maximum Gasteiger partial charge on any atom is 0.240 e.